The molecule has 1 aromatic rings. The van der Waals surface area contributed by atoms with Crippen molar-refractivity contribution in [3.63, 3.8) is 0 Å². The van der Waals surface area contributed by atoms with E-state index in [4.69, 9.17) is 10.5 Å². The van der Waals surface area contributed by atoms with Crippen molar-refractivity contribution in [2.24, 2.45) is 5.73 Å². The van der Waals surface area contributed by atoms with Crippen molar-refractivity contribution in [1.29, 1.82) is 0 Å². The molecule has 0 heterocycles. The summed E-state index contributed by atoms with van der Waals surface area (Å²) in [5, 5.41) is 2.96. The molecule has 0 radical (unpaired) electrons. The Hall–Kier alpha value is -1.55. The molecule has 0 aliphatic rings. The van der Waals surface area contributed by atoms with Gasteiger partial charge in [0.1, 0.15) is 5.75 Å². The highest BCUT2D eigenvalue weighted by atomic mass is 16.5. The topological polar surface area (TPSA) is 64.3 Å². The number of nitrogens with one attached hydrogen (secondary N) is 1. The lowest BCUT2D eigenvalue weighted by Gasteiger charge is -2.25. The molecule has 106 valence electrons. The van der Waals surface area contributed by atoms with Crippen LogP contribution in [0.3, 0.4) is 0 Å². The van der Waals surface area contributed by atoms with E-state index >= 15 is 0 Å². The van der Waals surface area contributed by atoms with Gasteiger partial charge in [-0.3, -0.25) is 4.79 Å². The molecule has 19 heavy (non-hydrogen) atoms. The summed E-state index contributed by atoms with van der Waals surface area (Å²) in [7, 11) is 1.75. The summed E-state index contributed by atoms with van der Waals surface area (Å²) in [6.07, 6.45) is 2.43. The molecule has 4 nitrogen and oxygen atoms in total. The molecule has 0 saturated heterocycles. The molecule has 1 rings (SSSR count). The van der Waals surface area contributed by atoms with Crippen molar-refractivity contribution in [1.82, 2.24) is 5.32 Å². The van der Waals surface area contributed by atoms with Gasteiger partial charge in [0, 0.05) is 0 Å². The second kappa shape index (κ2) is 7.14. The SMILES string of the molecule is CCc1cccc(OCCCC(C)(NC)C(N)=O)c1. The Morgan fingerprint density at radius 3 is 2.79 bits per heavy atom. The number of nitrogens with two attached hydrogens (primary N) is 1. The maximum atomic E-state index is 11.3. The van der Waals surface area contributed by atoms with Gasteiger partial charge in [-0.2, -0.15) is 0 Å². The zero-order valence-electron chi connectivity index (χ0n) is 12.0. The summed E-state index contributed by atoms with van der Waals surface area (Å²) in [5.41, 5.74) is 5.97. The second-order valence-electron chi connectivity index (χ2n) is 4.90. The third kappa shape index (κ3) is 4.56. The van der Waals surface area contributed by atoms with E-state index in [9.17, 15) is 4.79 Å². The molecule has 1 amide bonds. The first-order chi connectivity index (χ1) is 9.01. The van der Waals surface area contributed by atoms with Crippen molar-refractivity contribution in [2.45, 2.75) is 38.6 Å². The summed E-state index contributed by atoms with van der Waals surface area (Å²) < 4.78 is 5.69. The van der Waals surface area contributed by atoms with Crippen molar-refractivity contribution in [3.8, 4) is 5.75 Å². The third-order valence-corrected chi connectivity index (χ3v) is 3.49. The number of ether oxygens (including phenoxy) is 1. The average molecular weight is 264 g/mol. The highest BCUT2D eigenvalue weighted by Gasteiger charge is 2.27. The fourth-order valence-electron chi connectivity index (χ4n) is 1.84. The van der Waals surface area contributed by atoms with Gasteiger partial charge in [-0.1, -0.05) is 19.1 Å². The van der Waals surface area contributed by atoms with Gasteiger partial charge in [-0.05, 0) is 50.9 Å². The predicted molar refractivity (Wildman–Crippen MR) is 77.2 cm³/mol. The number of carbonyl (C=O) groups excluding carboxylic acids is 1. The predicted octanol–water partition coefficient (Wildman–Crippen LogP) is 1.87. The lowest BCUT2D eigenvalue weighted by atomic mass is 9.95. The van der Waals surface area contributed by atoms with E-state index in [0.29, 0.717) is 13.0 Å². The molecule has 1 aromatic carbocycles. The zero-order valence-corrected chi connectivity index (χ0v) is 12.0. The van der Waals surface area contributed by atoms with Gasteiger partial charge in [-0.15, -0.1) is 0 Å². The van der Waals surface area contributed by atoms with Gasteiger partial charge < -0.3 is 15.8 Å². The summed E-state index contributed by atoms with van der Waals surface area (Å²) in [6, 6.07) is 8.07. The normalized spacial score (nSPS) is 13.8. The van der Waals surface area contributed by atoms with Crippen molar-refractivity contribution in [2.75, 3.05) is 13.7 Å². The maximum absolute atomic E-state index is 11.3. The lowest BCUT2D eigenvalue weighted by Crippen LogP contribution is -2.51. The molecule has 3 N–H and O–H groups in total. The van der Waals surface area contributed by atoms with Gasteiger partial charge in [0.05, 0.1) is 12.1 Å². The third-order valence-electron chi connectivity index (χ3n) is 3.49. The minimum Gasteiger partial charge on any atom is -0.494 e. The fourth-order valence-corrected chi connectivity index (χ4v) is 1.84. The van der Waals surface area contributed by atoms with Crippen LogP contribution in [0.25, 0.3) is 0 Å². The van der Waals surface area contributed by atoms with Crippen LogP contribution in [0, 0.1) is 0 Å². The minimum absolute atomic E-state index is 0.331. The van der Waals surface area contributed by atoms with Crippen molar-refractivity contribution in [3.05, 3.63) is 29.8 Å². The highest BCUT2D eigenvalue weighted by molar-refractivity contribution is 5.84. The first-order valence-electron chi connectivity index (χ1n) is 6.72. The molecular formula is C15H24N2O2. The van der Waals surface area contributed by atoms with Gasteiger partial charge in [0.25, 0.3) is 0 Å². The Morgan fingerprint density at radius 2 is 2.21 bits per heavy atom. The first-order valence-corrected chi connectivity index (χ1v) is 6.72. The van der Waals surface area contributed by atoms with Crippen LogP contribution in [0.2, 0.25) is 0 Å². The molecule has 0 aliphatic heterocycles. The Kier molecular flexibility index (Phi) is 5.83. The Morgan fingerprint density at radius 1 is 1.47 bits per heavy atom. The molecule has 0 saturated carbocycles. The number of carbonyl (C=O) groups is 1. The molecule has 1 atom stereocenters. The Labute approximate surface area is 115 Å². The quantitative estimate of drug-likeness (QED) is 0.705. The summed E-state index contributed by atoms with van der Waals surface area (Å²) in [6.45, 7) is 4.51. The van der Waals surface area contributed by atoms with Gasteiger partial charge in [0.2, 0.25) is 5.91 Å². The fraction of sp³-hybridized carbons (Fsp3) is 0.533. The van der Waals surface area contributed by atoms with Crippen LogP contribution in [0.15, 0.2) is 24.3 Å². The number of benzene rings is 1. The summed E-state index contributed by atoms with van der Waals surface area (Å²) in [5.74, 6) is 0.549. The first kappa shape index (κ1) is 15.5. The highest BCUT2D eigenvalue weighted by Crippen LogP contribution is 2.16. The number of likely N-dealkylation sites (N-methyl/N-ethyl adjacent to an activating group) is 1. The van der Waals surface area contributed by atoms with Crippen molar-refractivity contribution >= 4 is 5.91 Å². The number of aryl methyl sites for hydroxylation is 1. The van der Waals surface area contributed by atoms with E-state index in [1.807, 2.05) is 25.1 Å². The van der Waals surface area contributed by atoms with Crippen LogP contribution in [-0.2, 0) is 11.2 Å². The lowest BCUT2D eigenvalue weighted by molar-refractivity contribution is -0.123. The smallest absolute Gasteiger partial charge is 0.237 e. The van der Waals surface area contributed by atoms with Gasteiger partial charge in [0.15, 0.2) is 0 Å². The monoisotopic (exact) mass is 264 g/mol. The standard InChI is InChI=1S/C15H24N2O2/c1-4-12-7-5-8-13(11-12)19-10-6-9-15(2,17-3)14(16)18/h5,7-8,11,17H,4,6,9-10H2,1-3H3,(H2,16,18). The van der Waals surface area contributed by atoms with Crippen LogP contribution in [0.1, 0.15) is 32.3 Å². The summed E-state index contributed by atoms with van der Waals surface area (Å²) >= 11 is 0. The largest absolute Gasteiger partial charge is 0.494 e. The second-order valence-corrected chi connectivity index (χ2v) is 4.90. The average Bonchev–Trinajstić information content (AvgIpc) is 2.43. The van der Waals surface area contributed by atoms with E-state index in [-0.39, 0.29) is 5.91 Å². The molecule has 0 aromatic heterocycles. The number of amides is 1. The number of hydrogen-bond acceptors (Lipinski definition) is 3. The number of hydrogen-bond donors (Lipinski definition) is 2. The molecule has 4 heteroatoms. The van der Waals surface area contributed by atoms with Crippen LogP contribution in [0.5, 0.6) is 5.75 Å². The molecule has 0 aliphatic carbocycles. The molecule has 1 unspecified atom stereocenters. The van der Waals surface area contributed by atoms with Gasteiger partial charge >= 0.3 is 0 Å². The van der Waals surface area contributed by atoms with E-state index in [1.165, 1.54) is 5.56 Å². The molecule has 0 fully saturated rings. The van der Waals surface area contributed by atoms with Crippen LogP contribution in [0.4, 0.5) is 0 Å². The summed E-state index contributed by atoms with van der Waals surface area (Å²) in [4.78, 5) is 11.3. The van der Waals surface area contributed by atoms with Crippen LogP contribution >= 0.6 is 0 Å². The molecular weight excluding hydrogens is 240 g/mol. The Balaban J connectivity index is 2.40. The number of primary amides is 1. The molecule has 0 bridgehead atoms. The molecule has 0 spiro atoms. The van der Waals surface area contributed by atoms with Crippen molar-refractivity contribution < 1.29 is 9.53 Å². The van der Waals surface area contributed by atoms with Crippen LogP contribution < -0.4 is 15.8 Å². The number of rotatable bonds is 8. The van der Waals surface area contributed by atoms with E-state index in [2.05, 4.69) is 18.3 Å². The van der Waals surface area contributed by atoms with E-state index in [1.54, 1.807) is 7.05 Å². The van der Waals surface area contributed by atoms with Gasteiger partial charge in [-0.25, -0.2) is 0 Å². The van der Waals surface area contributed by atoms with E-state index < -0.39 is 5.54 Å². The Bertz CT molecular complexity index is 420. The minimum atomic E-state index is -0.658. The maximum Gasteiger partial charge on any atom is 0.237 e. The van der Waals surface area contributed by atoms with E-state index in [0.717, 1.165) is 18.6 Å². The van der Waals surface area contributed by atoms with Crippen LogP contribution in [-0.4, -0.2) is 25.1 Å². The zero-order chi connectivity index (χ0) is 14.3.